The van der Waals surface area contributed by atoms with Crippen molar-refractivity contribution in [2.75, 3.05) is 13.7 Å². The van der Waals surface area contributed by atoms with Gasteiger partial charge in [0.25, 0.3) is 0 Å². The van der Waals surface area contributed by atoms with Gasteiger partial charge >= 0.3 is 5.97 Å². The molecule has 0 aliphatic carbocycles. The summed E-state index contributed by atoms with van der Waals surface area (Å²) >= 11 is 0. The maximum absolute atomic E-state index is 11.3. The average Bonchev–Trinajstić information content (AvgIpc) is 2.27. The Kier molecular flexibility index (Phi) is 5.93. The summed E-state index contributed by atoms with van der Waals surface area (Å²) in [7, 11) is 1.34. The van der Waals surface area contributed by atoms with Gasteiger partial charge in [-0.05, 0) is 11.6 Å². The Morgan fingerprint density at radius 3 is 2.60 bits per heavy atom. The summed E-state index contributed by atoms with van der Waals surface area (Å²) in [6, 6.07) is 6.71. The molecule has 0 fully saturated rings. The molecule has 0 amide bonds. The van der Waals surface area contributed by atoms with Crippen LogP contribution in [0.4, 0.5) is 0 Å². The van der Waals surface area contributed by atoms with Crippen LogP contribution in [0.2, 0.25) is 0 Å². The molecule has 1 atom stereocenters. The highest BCUT2D eigenvalue weighted by atomic mass is 35.5. The topological polar surface area (TPSA) is 78.3 Å². The molecule has 84 valence electrons. The highest BCUT2D eigenvalue weighted by molar-refractivity contribution is 5.91. The van der Waals surface area contributed by atoms with Crippen LogP contribution < -0.4 is 11.5 Å². The van der Waals surface area contributed by atoms with E-state index in [0.717, 1.165) is 5.56 Å². The van der Waals surface area contributed by atoms with E-state index in [0.29, 0.717) is 12.1 Å². The molecule has 0 aliphatic rings. The highest BCUT2D eigenvalue weighted by Crippen LogP contribution is 2.15. The van der Waals surface area contributed by atoms with Crippen LogP contribution in [-0.4, -0.2) is 19.6 Å². The van der Waals surface area contributed by atoms with Gasteiger partial charge in [-0.15, -0.1) is 12.4 Å². The highest BCUT2D eigenvalue weighted by Gasteiger charge is 2.14. The molecule has 0 aliphatic heterocycles. The summed E-state index contributed by atoms with van der Waals surface area (Å²) in [6.45, 7) is 0.300. The van der Waals surface area contributed by atoms with Crippen molar-refractivity contribution in [1.82, 2.24) is 0 Å². The Bertz CT molecular complexity index is 331. The lowest BCUT2D eigenvalue weighted by molar-refractivity contribution is 0.0599. The second-order valence-electron chi connectivity index (χ2n) is 2.92. The molecule has 1 aromatic carbocycles. The van der Waals surface area contributed by atoms with E-state index in [1.54, 1.807) is 18.2 Å². The molecule has 15 heavy (non-hydrogen) atoms. The van der Waals surface area contributed by atoms with E-state index in [9.17, 15) is 4.79 Å². The van der Waals surface area contributed by atoms with Crippen LogP contribution in [0.15, 0.2) is 24.3 Å². The van der Waals surface area contributed by atoms with Gasteiger partial charge in [0.1, 0.15) is 0 Å². The molecular formula is C10H15ClN2O2. The van der Waals surface area contributed by atoms with E-state index in [2.05, 4.69) is 4.74 Å². The molecule has 0 saturated carbocycles. The number of esters is 1. The van der Waals surface area contributed by atoms with E-state index >= 15 is 0 Å². The lowest BCUT2D eigenvalue weighted by Gasteiger charge is -2.12. The number of methoxy groups -OCH3 is 1. The molecule has 1 rings (SSSR count). The van der Waals surface area contributed by atoms with Gasteiger partial charge in [0.2, 0.25) is 0 Å². The van der Waals surface area contributed by atoms with Crippen LogP contribution >= 0.6 is 12.4 Å². The molecule has 0 aromatic heterocycles. The smallest absolute Gasteiger partial charge is 0.338 e. The summed E-state index contributed by atoms with van der Waals surface area (Å²) in [6.07, 6.45) is 0. The fourth-order valence-corrected chi connectivity index (χ4v) is 1.24. The zero-order valence-electron chi connectivity index (χ0n) is 8.47. The number of carbonyl (C=O) groups excluding carboxylic acids is 1. The number of ether oxygens (including phenoxy) is 1. The Morgan fingerprint density at radius 2 is 2.07 bits per heavy atom. The van der Waals surface area contributed by atoms with Crippen molar-refractivity contribution in [3.05, 3.63) is 35.4 Å². The number of hydrogen-bond donors (Lipinski definition) is 2. The summed E-state index contributed by atoms with van der Waals surface area (Å²) < 4.78 is 4.64. The van der Waals surface area contributed by atoms with Crippen LogP contribution in [0.5, 0.6) is 0 Å². The fraction of sp³-hybridized carbons (Fsp3) is 0.300. The minimum atomic E-state index is -0.385. The van der Waals surface area contributed by atoms with Gasteiger partial charge in [-0.25, -0.2) is 4.79 Å². The fourth-order valence-electron chi connectivity index (χ4n) is 1.24. The quantitative estimate of drug-likeness (QED) is 0.755. The van der Waals surface area contributed by atoms with Crippen molar-refractivity contribution in [1.29, 1.82) is 0 Å². The van der Waals surface area contributed by atoms with Crippen molar-refractivity contribution in [3.63, 3.8) is 0 Å². The first-order valence-corrected chi connectivity index (χ1v) is 4.33. The normalized spacial score (nSPS) is 11.4. The Morgan fingerprint density at radius 1 is 1.47 bits per heavy atom. The number of halogens is 1. The van der Waals surface area contributed by atoms with Gasteiger partial charge in [0.05, 0.1) is 12.7 Å². The minimum Gasteiger partial charge on any atom is -0.465 e. The third kappa shape index (κ3) is 3.20. The van der Waals surface area contributed by atoms with Gasteiger partial charge in [-0.2, -0.15) is 0 Å². The van der Waals surface area contributed by atoms with E-state index in [1.807, 2.05) is 6.07 Å². The third-order valence-corrected chi connectivity index (χ3v) is 2.02. The molecule has 4 nitrogen and oxygen atoms in total. The summed E-state index contributed by atoms with van der Waals surface area (Å²) in [5.41, 5.74) is 12.4. The SMILES string of the molecule is COC(=O)c1ccccc1[C@H](N)CN.Cl. The van der Waals surface area contributed by atoms with Crippen LogP contribution in [0, 0.1) is 0 Å². The van der Waals surface area contributed by atoms with Crippen molar-refractivity contribution in [2.24, 2.45) is 11.5 Å². The maximum Gasteiger partial charge on any atom is 0.338 e. The monoisotopic (exact) mass is 230 g/mol. The summed E-state index contributed by atoms with van der Waals surface area (Å²) in [5, 5.41) is 0. The van der Waals surface area contributed by atoms with Gasteiger partial charge in [0, 0.05) is 12.6 Å². The van der Waals surface area contributed by atoms with Gasteiger partial charge in [0.15, 0.2) is 0 Å². The van der Waals surface area contributed by atoms with Gasteiger partial charge < -0.3 is 16.2 Å². The van der Waals surface area contributed by atoms with Crippen LogP contribution in [0.3, 0.4) is 0 Å². The van der Waals surface area contributed by atoms with E-state index < -0.39 is 0 Å². The van der Waals surface area contributed by atoms with E-state index in [1.165, 1.54) is 7.11 Å². The van der Waals surface area contributed by atoms with Crippen LogP contribution in [0.1, 0.15) is 22.0 Å². The lowest BCUT2D eigenvalue weighted by atomic mass is 10.0. The Labute approximate surface area is 95.0 Å². The minimum absolute atomic E-state index is 0. The van der Waals surface area contributed by atoms with Crippen molar-refractivity contribution >= 4 is 18.4 Å². The van der Waals surface area contributed by atoms with Crippen LogP contribution in [-0.2, 0) is 4.74 Å². The molecule has 4 N–H and O–H groups in total. The third-order valence-electron chi connectivity index (χ3n) is 2.02. The Hall–Kier alpha value is -1.10. The predicted octanol–water partition coefficient (Wildman–Crippen LogP) is 0.853. The number of nitrogens with two attached hydrogens (primary N) is 2. The molecule has 0 heterocycles. The van der Waals surface area contributed by atoms with Crippen molar-refractivity contribution in [2.45, 2.75) is 6.04 Å². The molecule has 0 radical (unpaired) electrons. The molecular weight excluding hydrogens is 216 g/mol. The first-order valence-electron chi connectivity index (χ1n) is 4.33. The molecule has 0 saturated heterocycles. The molecule has 0 bridgehead atoms. The summed E-state index contributed by atoms with van der Waals surface area (Å²) in [4.78, 5) is 11.3. The molecule has 0 spiro atoms. The van der Waals surface area contributed by atoms with E-state index in [4.69, 9.17) is 11.5 Å². The maximum atomic E-state index is 11.3. The molecule has 0 unspecified atom stereocenters. The first-order chi connectivity index (χ1) is 6.70. The first kappa shape index (κ1) is 13.9. The Balaban J connectivity index is 0.00000196. The van der Waals surface area contributed by atoms with Gasteiger partial charge in [-0.3, -0.25) is 0 Å². The average molecular weight is 231 g/mol. The standard InChI is InChI=1S/C10H14N2O2.ClH/c1-14-10(13)8-5-3-2-4-7(8)9(12)6-11;/h2-5,9H,6,11-12H2,1H3;1H/t9-;/m1./s1. The zero-order chi connectivity index (χ0) is 10.6. The second-order valence-corrected chi connectivity index (χ2v) is 2.92. The number of hydrogen-bond acceptors (Lipinski definition) is 4. The molecule has 1 aromatic rings. The van der Waals surface area contributed by atoms with Crippen molar-refractivity contribution < 1.29 is 9.53 Å². The number of benzene rings is 1. The van der Waals surface area contributed by atoms with Crippen LogP contribution in [0.25, 0.3) is 0 Å². The van der Waals surface area contributed by atoms with Crippen molar-refractivity contribution in [3.8, 4) is 0 Å². The zero-order valence-corrected chi connectivity index (χ0v) is 9.29. The number of carbonyl (C=O) groups is 1. The second kappa shape index (κ2) is 6.40. The largest absolute Gasteiger partial charge is 0.465 e. The molecule has 5 heteroatoms. The van der Waals surface area contributed by atoms with Gasteiger partial charge in [-0.1, -0.05) is 18.2 Å². The summed E-state index contributed by atoms with van der Waals surface area (Å²) in [5.74, 6) is -0.385. The van der Waals surface area contributed by atoms with E-state index in [-0.39, 0.29) is 24.4 Å². The number of rotatable bonds is 3. The lowest BCUT2D eigenvalue weighted by Crippen LogP contribution is -2.23. The predicted molar refractivity (Wildman–Crippen MR) is 61.0 cm³/mol.